The monoisotopic (exact) mass is 209 g/mol. The number of hydrogen-bond acceptors (Lipinski definition) is 2. The van der Waals surface area contributed by atoms with Crippen molar-refractivity contribution in [3.63, 3.8) is 0 Å². The quantitative estimate of drug-likeness (QED) is 0.516. The molecule has 1 unspecified atom stereocenters. The number of allylic oxidation sites excluding steroid dienone is 1. The molecule has 0 aromatic carbocycles. The van der Waals surface area contributed by atoms with Gasteiger partial charge in [-0.3, -0.25) is 4.79 Å². The van der Waals surface area contributed by atoms with Crippen LogP contribution in [-0.4, -0.2) is 17.9 Å². The Hall–Kier alpha value is -0.630. The Kier molecular flexibility index (Phi) is 5.03. The van der Waals surface area contributed by atoms with Gasteiger partial charge >= 0.3 is 0 Å². The summed E-state index contributed by atoms with van der Waals surface area (Å²) >= 11 is 0. The third-order valence-electron chi connectivity index (χ3n) is 3.27. The number of carbonyl (C=O) groups excluding carboxylic acids is 1. The van der Waals surface area contributed by atoms with Gasteiger partial charge in [0, 0.05) is 6.42 Å². The summed E-state index contributed by atoms with van der Waals surface area (Å²) in [6, 6.07) is 0. The summed E-state index contributed by atoms with van der Waals surface area (Å²) in [5.74, 6) is 0.420. The molecule has 1 fully saturated rings. The van der Waals surface area contributed by atoms with Gasteiger partial charge < -0.3 is 5.32 Å². The Morgan fingerprint density at radius 3 is 2.93 bits per heavy atom. The van der Waals surface area contributed by atoms with Gasteiger partial charge in [0.25, 0.3) is 0 Å². The molecule has 1 atom stereocenters. The van der Waals surface area contributed by atoms with E-state index in [9.17, 15) is 4.79 Å². The first-order valence-electron chi connectivity index (χ1n) is 6.14. The lowest BCUT2D eigenvalue weighted by molar-refractivity contribution is -0.125. The maximum Gasteiger partial charge on any atom is 0.152 e. The first kappa shape index (κ1) is 12.4. The van der Waals surface area contributed by atoms with Gasteiger partial charge in [-0.25, -0.2) is 0 Å². The summed E-state index contributed by atoms with van der Waals surface area (Å²) in [4.78, 5) is 12.1. The predicted octanol–water partition coefficient (Wildman–Crippen LogP) is 2.83. The van der Waals surface area contributed by atoms with Crippen molar-refractivity contribution in [2.45, 2.75) is 57.4 Å². The summed E-state index contributed by atoms with van der Waals surface area (Å²) in [7, 11) is 0. The van der Waals surface area contributed by atoms with Crippen LogP contribution < -0.4 is 5.32 Å². The minimum absolute atomic E-state index is 0.171. The van der Waals surface area contributed by atoms with E-state index in [0.29, 0.717) is 12.2 Å². The predicted molar refractivity (Wildman–Crippen MR) is 63.9 cm³/mol. The fraction of sp³-hybridized carbons (Fsp3) is 0.769. The van der Waals surface area contributed by atoms with Crippen LogP contribution in [0.1, 0.15) is 51.9 Å². The molecular weight excluding hydrogens is 186 g/mol. The van der Waals surface area contributed by atoms with Crippen LogP contribution in [0.2, 0.25) is 0 Å². The Morgan fingerprint density at radius 2 is 2.40 bits per heavy atom. The van der Waals surface area contributed by atoms with E-state index in [0.717, 1.165) is 45.1 Å². The van der Waals surface area contributed by atoms with Gasteiger partial charge in [-0.1, -0.05) is 19.4 Å². The number of rotatable bonds is 7. The van der Waals surface area contributed by atoms with Crippen LogP contribution in [0.4, 0.5) is 0 Å². The molecule has 2 nitrogen and oxygen atoms in total. The molecule has 1 saturated heterocycles. The molecule has 1 aliphatic heterocycles. The van der Waals surface area contributed by atoms with E-state index >= 15 is 0 Å². The highest BCUT2D eigenvalue weighted by molar-refractivity contribution is 5.88. The molecular formula is C13H23NO. The third-order valence-corrected chi connectivity index (χ3v) is 3.27. The fourth-order valence-corrected chi connectivity index (χ4v) is 2.47. The highest BCUT2D eigenvalue weighted by Gasteiger charge is 2.38. The average Bonchev–Trinajstić information content (AvgIpc) is 2.68. The summed E-state index contributed by atoms with van der Waals surface area (Å²) in [5.41, 5.74) is -0.171. The number of hydrogen-bond donors (Lipinski definition) is 1. The largest absolute Gasteiger partial charge is 0.305 e. The lowest BCUT2D eigenvalue weighted by Gasteiger charge is -2.27. The Bertz CT molecular complexity index is 217. The van der Waals surface area contributed by atoms with Crippen molar-refractivity contribution in [2.75, 3.05) is 6.54 Å². The molecule has 0 saturated carbocycles. The van der Waals surface area contributed by atoms with Crippen molar-refractivity contribution >= 4 is 5.78 Å². The van der Waals surface area contributed by atoms with E-state index < -0.39 is 0 Å². The van der Waals surface area contributed by atoms with E-state index in [1.807, 2.05) is 6.08 Å². The van der Waals surface area contributed by atoms with Gasteiger partial charge in [0.2, 0.25) is 0 Å². The molecule has 1 rings (SSSR count). The molecule has 15 heavy (non-hydrogen) atoms. The van der Waals surface area contributed by atoms with Crippen LogP contribution in [0.25, 0.3) is 0 Å². The van der Waals surface area contributed by atoms with Gasteiger partial charge in [-0.15, -0.1) is 6.58 Å². The maximum absolute atomic E-state index is 12.1. The number of nitrogens with one attached hydrogen (secondary N) is 1. The molecule has 0 aliphatic carbocycles. The highest BCUT2D eigenvalue weighted by Crippen LogP contribution is 2.27. The number of ketones is 1. The van der Waals surface area contributed by atoms with E-state index in [2.05, 4.69) is 18.8 Å². The van der Waals surface area contributed by atoms with Gasteiger partial charge in [0.15, 0.2) is 5.78 Å². The van der Waals surface area contributed by atoms with Crippen LogP contribution in [0.15, 0.2) is 12.7 Å². The Morgan fingerprint density at radius 1 is 1.60 bits per heavy atom. The van der Waals surface area contributed by atoms with Crippen molar-refractivity contribution in [1.29, 1.82) is 0 Å². The lowest BCUT2D eigenvalue weighted by Crippen LogP contribution is -2.47. The van der Waals surface area contributed by atoms with E-state index in [1.165, 1.54) is 0 Å². The molecule has 0 radical (unpaired) electrons. The van der Waals surface area contributed by atoms with Gasteiger partial charge in [-0.05, 0) is 38.6 Å². The van der Waals surface area contributed by atoms with Crippen molar-refractivity contribution < 1.29 is 4.79 Å². The summed E-state index contributed by atoms with van der Waals surface area (Å²) in [6.45, 7) is 6.84. The molecule has 2 heteroatoms. The fourth-order valence-electron chi connectivity index (χ4n) is 2.47. The number of carbonyl (C=O) groups is 1. The van der Waals surface area contributed by atoms with Crippen LogP contribution in [-0.2, 0) is 4.79 Å². The first-order chi connectivity index (χ1) is 7.25. The smallest absolute Gasteiger partial charge is 0.152 e. The second-order valence-corrected chi connectivity index (χ2v) is 4.47. The van der Waals surface area contributed by atoms with E-state index in [1.54, 1.807) is 0 Å². The second-order valence-electron chi connectivity index (χ2n) is 4.47. The Labute approximate surface area is 93.1 Å². The lowest BCUT2D eigenvalue weighted by atomic mass is 9.85. The molecule has 1 N–H and O–H groups in total. The first-order valence-corrected chi connectivity index (χ1v) is 6.14. The minimum atomic E-state index is -0.171. The van der Waals surface area contributed by atoms with Crippen LogP contribution >= 0.6 is 0 Å². The zero-order valence-electron chi connectivity index (χ0n) is 9.85. The molecule has 0 spiro atoms. The van der Waals surface area contributed by atoms with Crippen molar-refractivity contribution in [2.24, 2.45) is 0 Å². The zero-order valence-corrected chi connectivity index (χ0v) is 9.85. The van der Waals surface area contributed by atoms with Crippen molar-refractivity contribution in [3.8, 4) is 0 Å². The molecule has 1 heterocycles. The average molecular weight is 209 g/mol. The molecule has 86 valence electrons. The standard InChI is InChI=1S/C13H23NO/c1-3-5-6-8-12(15)13(9-4-2)10-7-11-14-13/h3,14H,1,4-11H2,2H3. The summed E-state index contributed by atoms with van der Waals surface area (Å²) in [5, 5.41) is 3.42. The topological polar surface area (TPSA) is 29.1 Å². The molecule has 0 amide bonds. The van der Waals surface area contributed by atoms with Crippen LogP contribution in [0.3, 0.4) is 0 Å². The summed E-state index contributed by atoms with van der Waals surface area (Å²) in [6.07, 6.45) is 8.77. The maximum atomic E-state index is 12.1. The third kappa shape index (κ3) is 3.16. The van der Waals surface area contributed by atoms with Gasteiger partial charge in [0.1, 0.15) is 0 Å². The van der Waals surface area contributed by atoms with E-state index in [-0.39, 0.29) is 5.54 Å². The normalized spacial score (nSPS) is 25.4. The molecule has 1 aliphatic rings. The second kappa shape index (κ2) is 6.06. The van der Waals surface area contributed by atoms with Gasteiger partial charge in [0.05, 0.1) is 5.54 Å². The Balaban J connectivity index is 2.47. The zero-order chi connectivity index (χ0) is 11.1. The molecule has 0 aromatic heterocycles. The van der Waals surface area contributed by atoms with Crippen LogP contribution in [0, 0.1) is 0 Å². The van der Waals surface area contributed by atoms with Gasteiger partial charge in [-0.2, -0.15) is 0 Å². The molecule has 0 bridgehead atoms. The van der Waals surface area contributed by atoms with Crippen molar-refractivity contribution in [3.05, 3.63) is 12.7 Å². The SMILES string of the molecule is C=CCCCC(=O)C1(CCC)CCCN1. The number of unbranched alkanes of at least 4 members (excludes halogenated alkanes) is 1. The minimum Gasteiger partial charge on any atom is -0.305 e. The summed E-state index contributed by atoms with van der Waals surface area (Å²) < 4.78 is 0. The van der Waals surface area contributed by atoms with Crippen LogP contribution in [0.5, 0.6) is 0 Å². The van der Waals surface area contributed by atoms with E-state index in [4.69, 9.17) is 0 Å². The molecule has 0 aromatic rings. The van der Waals surface area contributed by atoms with Crippen molar-refractivity contribution in [1.82, 2.24) is 5.32 Å². The number of Topliss-reactive ketones (excluding diaryl/α,β-unsaturated/α-hetero) is 1. The highest BCUT2D eigenvalue weighted by atomic mass is 16.1.